The Morgan fingerprint density at radius 2 is 1.91 bits per heavy atom. The fourth-order valence-corrected chi connectivity index (χ4v) is 8.15. The van der Waals surface area contributed by atoms with Gasteiger partial charge in [-0.3, -0.25) is 9.59 Å². The molecule has 4 rings (SSSR count). The molecular formula is C32H55ClN6O5. The number of nitrogens with one attached hydrogen (secondary N) is 4. The Hall–Kier alpha value is -1.52. The molecular weight excluding hydrogens is 584 g/mol. The fourth-order valence-electron chi connectivity index (χ4n) is 7.75. The number of amides is 1. The van der Waals surface area contributed by atoms with Crippen molar-refractivity contribution in [2.45, 2.75) is 113 Å². The van der Waals surface area contributed by atoms with Crippen LogP contribution in [0.4, 0.5) is 0 Å². The third-order valence-corrected chi connectivity index (χ3v) is 10.6. The topological polar surface area (TPSA) is 137 Å². The summed E-state index contributed by atoms with van der Waals surface area (Å²) in [5, 5.41) is 24.2. The number of esters is 1. The first-order valence-corrected chi connectivity index (χ1v) is 17.2. The predicted octanol–water partition coefficient (Wildman–Crippen LogP) is 1.78. The van der Waals surface area contributed by atoms with Crippen molar-refractivity contribution in [1.29, 1.82) is 5.26 Å². The molecule has 0 aromatic rings. The van der Waals surface area contributed by atoms with Crippen LogP contribution in [-0.4, -0.2) is 119 Å². The number of nitriles is 1. The quantitative estimate of drug-likeness (QED) is 0.175. The second-order valence-corrected chi connectivity index (χ2v) is 13.9. The van der Waals surface area contributed by atoms with Crippen molar-refractivity contribution >= 4 is 23.5 Å². The van der Waals surface area contributed by atoms with E-state index >= 15 is 0 Å². The zero-order valence-corrected chi connectivity index (χ0v) is 27.8. The van der Waals surface area contributed by atoms with E-state index in [0.717, 1.165) is 58.0 Å². The summed E-state index contributed by atoms with van der Waals surface area (Å²) >= 11 is 7.01. The minimum Gasteiger partial charge on any atom is -0.469 e. The molecule has 12 heteroatoms. The standard InChI is InChI=1S/C32H55ClN6O5/c1-5-43-29-16-26-23(15-27(29)37-30(40)9-7-13-39(2)3)31(20(17-34)18-36-26)38-25-11-10-21(14-24(25)33)44-19-28-22(32(41)42-4)8-6-12-35-28/h20-29,31,35-36,38H,5-16,18-19H2,1-4H3,(H,37,40). The van der Waals surface area contributed by atoms with Crippen molar-refractivity contribution in [3.05, 3.63) is 0 Å². The smallest absolute Gasteiger partial charge is 0.310 e. The molecule has 2 heterocycles. The van der Waals surface area contributed by atoms with Gasteiger partial charge < -0.3 is 40.4 Å². The zero-order valence-electron chi connectivity index (χ0n) is 27.1. The van der Waals surface area contributed by atoms with E-state index in [1.165, 1.54) is 7.11 Å². The first kappa shape index (κ1) is 35.3. The van der Waals surface area contributed by atoms with Gasteiger partial charge in [0.2, 0.25) is 5.91 Å². The molecule has 1 amide bonds. The molecule has 250 valence electrons. The van der Waals surface area contributed by atoms with Gasteiger partial charge in [0, 0.05) is 43.7 Å². The third-order valence-electron chi connectivity index (χ3n) is 10.1. The van der Waals surface area contributed by atoms with Crippen LogP contribution >= 0.6 is 11.6 Å². The fraction of sp³-hybridized carbons (Fsp3) is 0.906. The number of carbonyl (C=O) groups excluding carboxylic acids is 2. The lowest BCUT2D eigenvalue weighted by molar-refractivity contribution is -0.148. The summed E-state index contributed by atoms with van der Waals surface area (Å²) < 4.78 is 17.5. The number of methoxy groups -OCH3 is 1. The lowest BCUT2D eigenvalue weighted by Crippen LogP contribution is -2.66. The van der Waals surface area contributed by atoms with Crippen molar-refractivity contribution in [2.24, 2.45) is 17.8 Å². The molecule has 11 nitrogen and oxygen atoms in total. The van der Waals surface area contributed by atoms with Crippen LogP contribution in [0.5, 0.6) is 0 Å². The van der Waals surface area contributed by atoms with Crippen LogP contribution in [0.2, 0.25) is 0 Å². The molecule has 4 fully saturated rings. The Morgan fingerprint density at radius 1 is 1.09 bits per heavy atom. The Morgan fingerprint density at radius 3 is 2.61 bits per heavy atom. The lowest BCUT2D eigenvalue weighted by Gasteiger charge is -2.50. The predicted molar refractivity (Wildman–Crippen MR) is 169 cm³/mol. The molecule has 4 N–H and O–H groups in total. The van der Waals surface area contributed by atoms with Crippen LogP contribution in [0.1, 0.15) is 64.7 Å². The van der Waals surface area contributed by atoms with Gasteiger partial charge in [-0.15, -0.1) is 11.6 Å². The Labute approximate surface area is 268 Å². The second kappa shape index (κ2) is 17.4. The van der Waals surface area contributed by atoms with E-state index < -0.39 is 0 Å². The number of hydrogen-bond donors (Lipinski definition) is 4. The summed E-state index contributed by atoms with van der Waals surface area (Å²) in [6.07, 6.45) is 7.01. The SMILES string of the molecule is CCOC1CC2NCC(C#N)C(NC3CCC(OCC4NCCCC4C(=O)OC)CC3Cl)C2CC1NC(=O)CCCN(C)C. The van der Waals surface area contributed by atoms with Crippen molar-refractivity contribution in [3.8, 4) is 6.07 Å². The van der Waals surface area contributed by atoms with E-state index in [1.54, 1.807) is 0 Å². The van der Waals surface area contributed by atoms with Gasteiger partial charge >= 0.3 is 5.97 Å². The minimum atomic E-state index is -0.193. The van der Waals surface area contributed by atoms with Crippen molar-refractivity contribution in [1.82, 2.24) is 26.2 Å². The van der Waals surface area contributed by atoms with Gasteiger partial charge in [-0.05, 0) is 91.4 Å². The number of piperidine rings is 2. The van der Waals surface area contributed by atoms with Crippen LogP contribution in [0.3, 0.4) is 0 Å². The number of fused-ring (bicyclic) bond motifs is 1. The minimum absolute atomic E-state index is 0.0267. The third kappa shape index (κ3) is 9.50. The van der Waals surface area contributed by atoms with Crippen molar-refractivity contribution < 1.29 is 23.8 Å². The number of alkyl halides is 1. The zero-order chi connectivity index (χ0) is 31.6. The maximum Gasteiger partial charge on any atom is 0.310 e. The second-order valence-electron chi connectivity index (χ2n) is 13.4. The number of halogens is 1. The first-order valence-electron chi connectivity index (χ1n) is 16.8. The summed E-state index contributed by atoms with van der Waals surface area (Å²) in [6.45, 7) is 5.42. The van der Waals surface area contributed by atoms with E-state index in [2.05, 4.69) is 32.2 Å². The molecule has 2 aliphatic heterocycles. The number of nitrogens with zero attached hydrogens (tertiary/aromatic N) is 2. The summed E-state index contributed by atoms with van der Waals surface area (Å²) in [7, 11) is 5.47. The lowest BCUT2D eigenvalue weighted by atomic mass is 9.69. The van der Waals surface area contributed by atoms with Crippen LogP contribution < -0.4 is 21.3 Å². The molecule has 0 aromatic heterocycles. The van der Waals surface area contributed by atoms with Gasteiger partial charge in [-0.2, -0.15) is 5.26 Å². The van der Waals surface area contributed by atoms with E-state index in [4.69, 9.17) is 25.8 Å². The normalized spacial score (nSPS) is 37.5. The van der Waals surface area contributed by atoms with E-state index in [1.807, 2.05) is 21.0 Å². The van der Waals surface area contributed by atoms with Gasteiger partial charge in [0.15, 0.2) is 0 Å². The molecule has 0 bridgehead atoms. The molecule has 0 spiro atoms. The Bertz CT molecular complexity index is 968. The molecule has 11 unspecified atom stereocenters. The molecule has 44 heavy (non-hydrogen) atoms. The highest BCUT2D eigenvalue weighted by Crippen LogP contribution is 2.37. The van der Waals surface area contributed by atoms with Gasteiger partial charge in [0.05, 0.1) is 55.2 Å². The van der Waals surface area contributed by atoms with Gasteiger partial charge in [-0.1, -0.05) is 0 Å². The van der Waals surface area contributed by atoms with Gasteiger partial charge in [0.1, 0.15) is 0 Å². The average Bonchev–Trinajstić information content (AvgIpc) is 3.01. The number of ether oxygens (including phenoxy) is 3. The van der Waals surface area contributed by atoms with Crippen molar-refractivity contribution in [2.75, 3.05) is 54.1 Å². The van der Waals surface area contributed by atoms with Crippen LogP contribution in [-0.2, 0) is 23.8 Å². The summed E-state index contributed by atoms with van der Waals surface area (Å²) in [5.41, 5.74) is 0. The van der Waals surface area contributed by atoms with E-state index in [9.17, 15) is 14.9 Å². The van der Waals surface area contributed by atoms with Gasteiger partial charge in [-0.25, -0.2) is 0 Å². The van der Waals surface area contributed by atoms with E-state index in [-0.39, 0.29) is 77.4 Å². The maximum absolute atomic E-state index is 12.9. The van der Waals surface area contributed by atoms with Crippen LogP contribution in [0, 0.1) is 29.1 Å². The Kier molecular flexibility index (Phi) is 14.0. The summed E-state index contributed by atoms with van der Waals surface area (Å²) in [4.78, 5) is 27.2. The number of rotatable bonds is 13. The monoisotopic (exact) mass is 638 g/mol. The number of hydrogen-bond acceptors (Lipinski definition) is 10. The van der Waals surface area contributed by atoms with E-state index in [0.29, 0.717) is 32.6 Å². The Balaban J connectivity index is 1.34. The molecule has 4 aliphatic rings. The molecule has 11 atom stereocenters. The molecule has 0 radical (unpaired) electrons. The average molecular weight is 639 g/mol. The highest BCUT2D eigenvalue weighted by molar-refractivity contribution is 6.21. The summed E-state index contributed by atoms with van der Waals surface area (Å²) in [5.74, 6) is -0.323. The van der Waals surface area contributed by atoms with Gasteiger partial charge in [0.25, 0.3) is 0 Å². The highest BCUT2D eigenvalue weighted by atomic mass is 35.5. The van der Waals surface area contributed by atoms with Crippen LogP contribution in [0.25, 0.3) is 0 Å². The number of carbonyl (C=O) groups is 2. The first-order chi connectivity index (χ1) is 21.2. The molecule has 0 aromatic carbocycles. The highest BCUT2D eigenvalue weighted by Gasteiger charge is 2.48. The molecule has 2 aliphatic carbocycles. The maximum atomic E-state index is 12.9. The van der Waals surface area contributed by atoms with Crippen molar-refractivity contribution in [3.63, 3.8) is 0 Å². The molecule has 2 saturated carbocycles. The largest absolute Gasteiger partial charge is 0.469 e. The molecule has 2 saturated heterocycles. The summed E-state index contributed by atoms with van der Waals surface area (Å²) in [6, 6.07) is 2.65. The van der Waals surface area contributed by atoms with Crippen LogP contribution in [0.15, 0.2) is 0 Å².